The summed E-state index contributed by atoms with van der Waals surface area (Å²) in [7, 11) is 0. The Morgan fingerprint density at radius 1 is 1.00 bits per heavy atom. The topological polar surface area (TPSA) is 75.7 Å². The number of amides is 3. The summed E-state index contributed by atoms with van der Waals surface area (Å²) in [6.45, 7) is 0.505. The first-order chi connectivity index (χ1) is 14.2. The number of ether oxygens (including phenoxy) is 1. The molecule has 2 aromatic rings. The van der Waals surface area contributed by atoms with Crippen LogP contribution in [-0.4, -0.2) is 35.7 Å². The summed E-state index contributed by atoms with van der Waals surface area (Å²) in [6.07, 6.45) is -3.61. The van der Waals surface area contributed by atoms with Gasteiger partial charge in [0.05, 0.1) is 5.56 Å². The van der Waals surface area contributed by atoms with Gasteiger partial charge < -0.3 is 10.1 Å². The number of hydrogen-bond acceptors (Lipinski definition) is 4. The van der Waals surface area contributed by atoms with E-state index in [0.29, 0.717) is 6.42 Å². The monoisotopic (exact) mass is 420 g/mol. The number of benzene rings is 2. The van der Waals surface area contributed by atoms with E-state index >= 15 is 0 Å². The molecule has 3 rings (SSSR count). The van der Waals surface area contributed by atoms with Crippen molar-refractivity contribution in [3.63, 3.8) is 0 Å². The summed E-state index contributed by atoms with van der Waals surface area (Å²) >= 11 is 0. The Morgan fingerprint density at radius 2 is 1.63 bits per heavy atom. The summed E-state index contributed by atoms with van der Waals surface area (Å²) < 4.78 is 43.9. The van der Waals surface area contributed by atoms with Gasteiger partial charge in [-0.2, -0.15) is 13.2 Å². The van der Waals surface area contributed by atoms with Crippen molar-refractivity contribution in [1.82, 2.24) is 10.2 Å². The van der Waals surface area contributed by atoms with E-state index in [-0.39, 0.29) is 54.8 Å². The fourth-order valence-electron chi connectivity index (χ4n) is 2.99. The van der Waals surface area contributed by atoms with Gasteiger partial charge in [-0.25, -0.2) is 0 Å². The lowest BCUT2D eigenvalue weighted by atomic mass is 10.2. The van der Waals surface area contributed by atoms with Crippen LogP contribution in [0.4, 0.5) is 13.2 Å². The SMILES string of the molecule is O=C(NCCCN1C(=O)CCC1=O)c1cccc(Oc2cccc(C(F)(F)F)c2)c1. The molecule has 0 radical (unpaired) electrons. The highest BCUT2D eigenvalue weighted by molar-refractivity contribution is 6.01. The maximum atomic E-state index is 12.8. The number of likely N-dealkylation sites (tertiary alicyclic amines) is 1. The van der Waals surface area contributed by atoms with Crippen LogP contribution in [0.2, 0.25) is 0 Å². The lowest BCUT2D eigenvalue weighted by Gasteiger charge is -2.14. The standard InChI is InChI=1S/C21H19F3N2O4/c22-21(23,24)15-5-2-7-17(13-15)30-16-6-1-4-14(12-16)20(29)25-10-3-11-26-18(27)8-9-19(26)28/h1-2,4-7,12-13H,3,8-11H2,(H,25,29). The number of carbonyl (C=O) groups excluding carboxylic acids is 3. The number of alkyl halides is 3. The Kier molecular flexibility index (Phi) is 6.39. The number of rotatable bonds is 7. The maximum absolute atomic E-state index is 12.8. The first-order valence-electron chi connectivity index (χ1n) is 9.30. The van der Waals surface area contributed by atoms with Crippen molar-refractivity contribution in [3.8, 4) is 11.5 Å². The third kappa shape index (κ3) is 5.37. The molecule has 158 valence electrons. The largest absolute Gasteiger partial charge is 0.457 e. The highest BCUT2D eigenvalue weighted by Gasteiger charge is 2.30. The Bertz CT molecular complexity index is 943. The van der Waals surface area contributed by atoms with Gasteiger partial charge in [-0.15, -0.1) is 0 Å². The molecule has 6 nitrogen and oxygen atoms in total. The number of hydrogen-bond donors (Lipinski definition) is 1. The minimum Gasteiger partial charge on any atom is -0.457 e. The van der Waals surface area contributed by atoms with Crippen LogP contribution < -0.4 is 10.1 Å². The van der Waals surface area contributed by atoms with Crippen molar-refractivity contribution in [2.24, 2.45) is 0 Å². The molecule has 0 atom stereocenters. The average molecular weight is 420 g/mol. The quantitative estimate of drug-likeness (QED) is 0.547. The minimum absolute atomic E-state index is 0.00216. The summed E-state index contributed by atoms with van der Waals surface area (Å²) in [5.41, 5.74) is -0.559. The van der Waals surface area contributed by atoms with E-state index in [9.17, 15) is 27.6 Å². The first kappa shape index (κ1) is 21.4. The second-order valence-corrected chi connectivity index (χ2v) is 6.70. The van der Waals surface area contributed by atoms with Gasteiger partial charge in [0.1, 0.15) is 11.5 Å². The molecule has 1 aliphatic heterocycles. The lowest BCUT2D eigenvalue weighted by molar-refractivity contribution is -0.139. The van der Waals surface area contributed by atoms with Crippen LogP contribution >= 0.6 is 0 Å². The molecule has 1 heterocycles. The van der Waals surface area contributed by atoms with Crippen LogP contribution in [0.1, 0.15) is 35.2 Å². The second-order valence-electron chi connectivity index (χ2n) is 6.70. The number of nitrogens with one attached hydrogen (secondary N) is 1. The van der Waals surface area contributed by atoms with Gasteiger partial charge in [0, 0.05) is 31.5 Å². The van der Waals surface area contributed by atoms with Gasteiger partial charge in [-0.3, -0.25) is 19.3 Å². The zero-order valence-electron chi connectivity index (χ0n) is 15.9. The van der Waals surface area contributed by atoms with E-state index in [1.54, 1.807) is 12.1 Å². The van der Waals surface area contributed by atoms with E-state index in [2.05, 4.69) is 5.32 Å². The third-order valence-corrected chi connectivity index (χ3v) is 4.49. The van der Waals surface area contributed by atoms with Crippen molar-refractivity contribution in [3.05, 3.63) is 59.7 Å². The van der Waals surface area contributed by atoms with Crippen LogP contribution in [0.25, 0.3) is 0 Å². The van der Waals surface area contributed by atoms with Gasteiger partial charge in [0.2, 0.25) is 11.8 Å². The molecule has 0 bridgehead atoms. The Balaban J connectivity index is 1.55. The third-order valence-electron chi connectivity index (χ3n) is 4.49. The zero-order chi connectivity index (χ0) is 21.7. The molecule has 3 amide bonds. The van der Waals surface area contributed by atoms with Gasteiger partial charge in [-0.1, -0.05) is 12.1 Å². The molecule has 0 spiro atoms. The highest BCUT2D eigenvalue weighted by Crippen LogP contribution is 2.32. The van der Waals surface area contributed by atoms with E-state index < -0.39 is 17.6 Å². The minimum atomic E-state index is -4.48. The number of carbonyl (C=O) groups is 3. The fourth-order valence-corrected chi connectivity index (χ4v) is 2.99. The van der Waals surface area contributed by atoms with Crippen LogP contribution in [0.5, 0.6) is 11.5 Å². The number of halogens is 3. The van der Waals surface area contributed by atoms with Crippen molar-refractivity contribution >= 4 is 17.7 Å². The molecule has 2 aromatic carbocycles. The summed E-state index contributed by atoms with van der Waals surface area (Å²) in [5.74, 6) is -0.585. The molecule has 1 aliphatic rings. The van der Waals surface area contributed by atoms with Crippen LogP contribution in [-0.2, 0) is 15.8 Å². The fraction of sp³-hybridized carbons (Fsp3) is 0.286. The predicted octanol–water partition coefficient (Wildman–Crippen LogP) is 3.77. The molecule has 9 heteroatoms. The molecule has 1 N–H and O–H groups in total. The summed E-state index contributed by atoms with van der Waals surface area (Å²) in [6, 6.07) is 10.5. The van der Waals surface area contributed by atoms with Gasteiger partial charge >= 0.3 is 6.18 Å². The van der Waals surface area contributed by atoms with Crippen LogP contribution in [0, 0.1) is 0 Å². The van der Waals surface area contributed by atoms with Gasteiger partial charge in [0.15, 0.2) is 0 Å². The molecular weight excluding hydrogens is 401 g/mol. The number of imide groups is 1. The van der Waals surface area contributed by atoms with E-state index in [1.165, 1.54) is 29.2 Å². The molecule has 0 saturated carbocycles. The molecular formula is C21H19F3N2O4. The maximum Gasteiger partial charge on any atom is 0.416 e. The number of nitrogens with zero attached hydrogens (tertiary/aromatic N) is 1. The highest BCUT2D eigenvalue weighted by atomic mass is 19.4. The second kappa shape index (κ2) is 8.98. The average Bonchev–Trinajstić information content (AvgIpc) is 3.02. The van der Waals surface area contributed by atoms with Crippen molar-refractivity contribution < 1.29 is 32.3 Å². The first-order valence-corrected chi connectivity index (χ1v) is 9.30. The van der Waals surface area contributed by atoms with E-state index in [4.69, 9.17) is 4.74 Å². The molecule has 0 aromatic heterocycles. The molecule has 0 unspecified atom stereocenters. The Labute approximate surface area is 170 Å². The van der Waals surface area contributed by atoms with Crippen molar-refractivity contribution in [1.29, 1.82) is 0 Å². The predicted molar refractivity (Wildman–Crippen MR) is 101 cm³/mol. The Hall–Kier alpha value is -3.36. The van der Waals surface area contributed by atoms with E-state index in [0.717, 1.165) is 12.1 Å². The smallest absolute Gasteiger partial charge is 0.416 e. The summed E-state index contributed by atoms with van der Waals surface area (Å²) in [5, 5.41) is 2.68. The lowest BCUT2D eigenvalue weighted by Crippen LogP contribution is -2.33. The Morgan fingerprint density at radius 3 is 2.30 bits per heavy atom. The summed E-state index contributed by atoms with van der Waals surface area (Å²) in [4.78, 5) is 36.6. The van der Waals surface area contributed by atoms with Crippen LogP contribution in [0.15, 0.2) is 48.5 Å². The molecule has 0 aliphatic carbocycles. The normalized spacial score (nSPS) is 14.2. The molecule has 1 saturated heterocycles. The molecule has 30 heavy (non-hydrogen) atoms. The van der Waals surface area contributed by atoms with Gasteiger partial charge in [-0.05, 0) is 42.8 Å². The van der Waals surface area contributed by atoms with Crippen molar-refractivity contribution in [2.45, 2.75) is 25.4 Å². The molecule has 1 fully saturated rings. The van der Waals surface area contributed by atoms with Crippen LogP contribution in [0.3, 0.4) is 0 Å². The van der Waals surface area contributed by atoms with E-state index in [1.807, 2.05) is 0 Å². The van der Waals surface area contributed by atoms with Gasteiger partial charge in [0.25, 0.3) is 5.91 Å². The zero-order valence-corrected chi connectivity index (χ0v) is 15.9. The van der Waals surface area contributed by atoms with Crippen molar-refractivity contribution in [2.75, 3.05) is 13.1 Å².